The number of rotatable bonds is 2. The van der Waals surface area contributed by atoms with Gasteiger partial charge in [-0.3, -0.25) is 4.90 Å². The third-order valence-electron chi connectivity index (χ3n) is 2.98. The molecule has 0 saturated carbocycles. The van der Waals surface area contributed by atoms with Crippen LogP contribution in [0.1, 0.15) is 11.1 Å². The van der Waals surface area contributed by atoms with E-state index in [2.05, 4.69) is 5.32 Å². The average molecular weight is 262 g/mol. The van der Waals surface area contributed by atoms with Gasteiger partial charge in [0.2, 0.25) is 0 Å². The molecule has 0 radical (unpaired) electrons. The average Bonchev–Trinajstić information content (AvgIpc) is 2.31. The van der Waals surface area contributed by atoms with Crippen LogP contribution < -0.4 is 5.32 Å². The van der Waals surface area contributed by atoms with E-state index >= 15 is 0 Å². The Kier molecular flexibility index (Phi) is 3.87. The monoisotopic (exact) mass is 262 g/mol. The molecule has 0 aliphatic carbocycles. The quantitative estimate of drug-likeness (QED) is 0.822. The highest BCUT2D eigenvalue weighted by Gasteiger charge is 2.34. The Morgan fingerprint density at radius 3 is 2.44 bits per heavy atom. The second-order valence-electron chi connectivity index (χ2n) is 4.33. The fraction of sp³-hybridized carbons (Fsp3) is 0.500. The van der Waals surface area contributed by atoms with Gasteiger partial charge in [0, 0.05) is 32.7 Å². The highest BCUT2D eigenvalue weighted by atomic mass is 19.4. The van der Waals surface area contributed by atoms with Crippen LogP contribution in [0, 0.1) is 5.82 Å². The van der Waals surface area contributed by atoms with Gasteiger partial charge >= 0.3 is 6.18 Å². The first kappa shape index (κ1) is 13.3. The number of benzene rings is 1. The molecule has 100 valence electrons. The molecule has 0 amide bonds. The van der Waals surface area contributed by atoms with Gasteiger partial charge in [-0.05, 0) is 17.7 Å². The molecule has 2 rings (SSSR count). The van der Waals surface area contributed by atoms with Crippen LogP contribution in [-0.2, 0) is 12.7 Å². The zero-order valence-corrected chi connectivity index (χ0v) is 9.73. The number of alkyl halides is 3. The minimum atomic E-state index is -4.51. The summed E-state index contributed by atoms with van der Waals surface area (Å²) in [5.74, 6) is -0.855. The third kappa shape index (κ3) is 3.20. The van der Waals surface area contributed by atoms with Crippen molar-refractivity contribution in [2.24, 2.45) is 0 Å². The highest BCUT2D eigenvalue weighted by Crippen LogP contribution is 2.33. The summed E-state index contributed by atoms with van der Waals surface area (Å²) in [6.07, 6.45) is -4.51. The first-order valence-corrected chi connectivity index (χ1v) is 5.75. The van der Waals surface area contributed by atoms with Crippen molar-refractivity contribution in [3.05, 3.63) is 35.1 Å². The van der Waals surface area contributed by atoms with E-state index in [1.54, 1.807) is 0 Å². The number of piperazine rings is 1. The van der Waals surface area contributed by atoms with E-state index in [1.807, 2.05) is 4.90 Å². The summed E-state index contributed by atoms with van der Waals surface area (Å²) in [5.41, 5.74) is -0.744. The first-order chi connectivity index (χ1) is 8.47. The van der Waals surface area contributed by atoms with E-state index in [1.165, 1.54) is 6.07 Å². The van der Waals surface area contributed by atoms with Gasteiger partial charge in [-0.25, -0.2) is 4.39 Å². The van der Waals surface area contributed by atoms with Crippen molar-refractivity contribution < 1.29 is 17.6 Å². The van der Waals surface area contributed by atoms with Gasteiger partial charge in [-0.1, -0.05) is 6.07 Å². The van der Waals surface area contributed by atoms with Crippen molar-refractivity contribution in [2.75, 3.05) is 26.2 Å². The molecule has 18 heavy (non-hydrogen) atoms. The van der Waals surface area contributed by atoms with Gasteiger partial charge in [0.15, 0.2) is 0 Å². The molecule has 0 aromatic heterocycles. The van der Waals surface area contributed by atoms with Crippen LogP contribution in [0.15, 0.2) is 18.2 Å². The molecule has 0 spiro atoms. The molecule has 2 nitrogen and oxygen atoms in total. The number of nitrogens with zero attached hydrogens (tertiary/aromatic N) is 1. The molecule has 1 aromatic rings. The molecule has 1 N–H and O–H groups in total. The largest absolute Gasteiger partial charge is 0.416 e. The summed E-state index contributed by atoms with van der Waals surface area (Å²) in [7, 11) is 0. The van der Waals surface area contributed by atoms with Crippen molar-refractivity contribution in [1.82, 2.24) is 10.2 Å². The molecule has 6 heteroatoms. The third-order valence-corrected chi connectivity index (χ3v) is 2.98. The Morgan fingerprint density at radius 2 is 1.83 bits per heavy atom. The van der Waals surface area contributed by atoms with Crippen molar-refractivity contribution in [3.8, 4) is 0 Å². The Bertz CT molecular complexity index is 411. The summed E-state index contributed by atoms with van der Waals surface area (Å²) in [4.78, 5) is 1.93. The number of nitrogens with one attached hydrogen (secondary N) is 1. The Balaban J connectivity index is 2.21. The molecule has 1 fully saturated rings. The van der Waals surface area contributed by atoms with Crippen LogP contribution in [0.4, 0.5) is 17.6 Å². The second-order valence-corrected chi connectivity index (χ2v) is 4.33. The topological polar surface area (TPSA) is 15.3 Å². The van der Waals surface area contributed by atoms with Crippen molar-refractivity contribution in [1.29, 1.82) is 0 Å². The molecule has 0 atom stereocenters. The van der Waals surface area contributed by atoms with E-state index < -0.39 is 17.6 Å². The fourth-order valence-corrected chi connectivity index (χ4v) is 2.06. The maximum absolute atomic E-state index is 12.9. The number of hydrogen-bond donors (Lipinski definition) is 1. The molecule has 1 aliphatic heterocycles. The van der Waals surface area contributed by atoms with Gasteiger partial charge < -0.3 is 5.32 Å². The smallest absolute Gasteiger partial charge is 0.314 e. The van der Waals surface area contributed by atoms with Crippen molar-refractivity contribution >= 4 is 0 Å². The van der Waals surface area contributed by atoms with Crippen LogP contribution in [0.2, 0.25) is 0 Å². The molecule has 0 unspecified atom stereocenters. The normalized spacial score (nSPS) is 18.0. The lowest BCUT2D eigenvalue weighted by molar-refractivity contribution is -0.138. The molecular weight excluding hydrogens is 248 g/mol. The SMILES string of the molecule is Fc1ccc(CN2CCNCC2)c(C(F)(F)F)c1. The zero-order chi connectivity index (χ0) is 13.2. The molecule has 1 saturated heterocycles. The predicted octanol–water partition coefficient (Wildman–Crippen LogP) is 2.25. The minimum Gasteiger partial charge on any atom is -0.314 e. The summed E-state index contributed by atoms with van der Waals surface area (Å²) in [6.45, 7) is 3.14. The van der Waals surface area contributed by atoms with Crippen LogP contribution >= 0.6 is 0 Å². The molecule has 0 bridgehead atoms. The maximum atomic E-state index is 12.9. The lowest BCUT2D eigenvalue weighted by Crippen LogP contribution is -2.43. The standard InChI is InChI=1S/C12H14F4N2/c13-10-2-1-9(11(7-10)12(14,15)16)8-18-5-3-17-4-6-18/h1-2,7,17H,3-6,8H2. The van der Waals surface area contributed by atoms with Crippen LogP contribution in [-0.4, -0.2) is 31.1 Å². The summed E-state index contributed by atoms with van der Waals surface area (Å²) in [5, 5.41) is 3.13. The molecule has 1 aromatic carbocycles. The van der Waals surface area contributed by atoms with Crippen molar-refractivity contribution in [2.45, 2.75) is 12.7 Å². The summed E-state index contributed by atoms with van der Waals surface area (Å²) >= 11 is 0. The Labute approximate surface area is 103 Å². The number of hydrogen-bond acceptors (Lipinski definition) is 2. The van der Waals surface area contributed by atoms with Gasteiger partial charge in [-0.15, -0.1) is 0 Å². The summed E-state index contributed by atoms with van der Waals surface area (Å²) < 4.78 is 51.3. The van der Waals surface area contributed by atoms with E-state index in [9.17, 15) is 17.6 Å². The second kappa shape index (κ2) is 5.24. The lowest BCUT2D eigenvalue weighted by atomic mass is 10.1. The van der Waals surface area contributed by atoms with Crippen LogP contribution in [0.3, 0.4) is 0 Å². The van der Waals surface area contributed by atoms with E-state index in [0.717, 1.165) is 19.2 Å². The minimum absolute atomic E-state index is 0.130. The van der Waals surface area contributed by atoms with Gasteiger partial charge in [0.25, 0.3) is 0 Å². The highest BCUT2D eigenvalue weighted by molar-refractivity contribution is 5.30. The van der Waals surface area contributed by atoms with Gasteiger partial charge in [0.05, 0.1) is 5.56 Å². The van der Waals surface area contributed by atoms with E-state index in [0.29, 0.717) is 19.2 Å². The van der Waals surface area contributed by atoms with Gasteiger partial charge in [0.1, 0.15) is 5.82 Å². The number of halogens is 4. The van der Waals surface area contributed by atoms with Crippen LogP contribution in [0.25, 0.3) is 0 Å². The lowest BCUT2D eigenvalue weighted by Gasteiger charge is -2.28. The van der Waals surface area contributed by atoms with Gasteiger partial charge in [-0.2, -0.15) is 13.2 Å². The Morgan fingerprint density at radius 1 is 1.17 bits per heavy atom. The molecule has 1 aliphatic rings. The molecular formula is C12H14F4N2. The van der Waals surface area contributed by atoms with E-state index in [4.69, 9.17) is 0 Å². The zero-order valence-electron chi connectivity index (χ0n) is 9.73. The first-order valence-electron chi connectivity index (χ1n) is 5.75. The fourth-order valence-electron chi connectivity index (χ4n) is 2.06. The van der Waals surface area contributed by atoms with E-state index in [-0.39, 0.29) is 12.1 Å². The molecule has 1 heterocycles. The summed E-state index contributed by atoms with van der Waals surface area (Å²) in [6, 6.07) is 2.87. The maximum Gasteiger partial charge on any atom is 0.416 e. The Hall–Kier alpha value is -1.14. The van der Waals surface area contributed by atoms with Crippen LogP contribution in [0.5, 0.6) is 0 Å². The predicted molar refractivity (Wildman–Crippen MR) is 59.5 cm³/mol. The van der Waals surface area contributed by atoms with Crippen molar-refractivity contribution in [3.63, 3.8) is 0 Å².